The van der Waals surface area contributed by atoms with Crippen LogP contribution < -0.4 is 9.80 Å². The maximum absolute atomic E-state index is 2.55. The first kappa shape index (κ1) is 42.8. The van der Waals surface area contributed by atoms with Gasteiger partial charge in [-0.05, 0) is 267 Å². The van der Waals surface area contributed by atoms with Gasteiger partial charge in [0, 0.05) is 33.5 Å². The third kappa shape index (κ3) is 7.36. The Labute approximate surface area is 372 Å². The Bertz CT molecular complexity index is 2680. The second kappa shape index (κ2) is 16.1. The van der Waals surface area contributed by atoms with E-state index in [2.05, 4.69) is 218 Å². The minimum atomic E-state index is 0.377. The van der Waals surface area contributed by atoms with Crippen LogP contribution in [0.25, 0.3) is 32.3 Å². The molecule has 8 aromatic rings. The van der Waals surface area contributed by atoms with Crippen molar-refractivity contribution < 1.29 is 0 Å². The first-order valence-electron chi connectivity index (χ1n) is 22.7. The molecule has 0 unspecified atom stereocenters. The van der Waals surface area contributed by atoms with E-state index in [1.54, 1.807) is 0 Å². The van der Waals surface area contributed by atoms with Crippen LogP contribution in [-0.2, 0) is 0 Å². The minimum Gasteiger partial charge on any atom is -0.310 e. The molecule has 0 aliphatic heterocycles. The van der Waals surface area contributed by atoms with E-state index in [0.717, 1.165) is 0 Å². The second-order valence-electron chi connectivity index (χ2n) is 19.3. The summed E-state index contributed by atoms with van der Waals surface area (Å²) in [6.07, 6.45) is 0. The van der Waals surface area contributed by atoms with Gasteiger partial charge in [-0.15, -0.1) is 0 Å². The molecule has 2 nitrogen and oxygen atoms in total. The molecule has 0 spiro atoms. The van der Waals surface area contributed by atoms with E-state index in [4.69, 9.17) is 0 Å². The van der Waals surface area contributed by atoms with E-state index >= 15 is 0 Å². The van der Waals surface area contributed by atoms with E-state index in [-0.39, 0.29) is 0 Å². The predicted octanol–water partition coefficient (Wildman–Crippen LogP) is 18.0. The molecule has 0 fully saturated rings. The number of anilines is 6. The van der Waals surface area contributed by atoms with Crippen molar-refractivity contribution in [1.82, 2.24) is 0 Å². The first-order chi connectivity index (χ1) is 29.3. The summed E-state index contributed by atoms with van der Waals surface area (Å²) in [5, 5.41) is 7.56. The number of aryl methyl sites for hydroxylation is 8. The van der Waals surface area contributed by atoms with Crippen LogP contribution in [0, 0.1) is 83.1 Å². The third-order valence-corrected chi connectivity index (χ3v) is 14.6. The van der Waals surface area contributed by atoms with Crippen LogP contribution in [0.4, 0.5) is 34.1 Å². The molecule has 8 rings (SSSR count). The number of fused-ring (bicyclic) bond motifs is 5. The first-order valence-corrected chi connectivity index (χ1v) is 22.7. The molecule has 0 N–H and O–H groups in total. The Morgan fingerprint density at radius 1 is 0.274 bits per heavy atom. The third-order valence-electron chi connectivity index (χ3n) is 14.6. The Morgan fingerprint density at radius 2 is 0.516 bits per heavy atom. The number of benzene rings is 8. The zero-order valence-electron chi connectivity index (χ0n) is 40.3. The summed E-state index contributed by atoms with van der Waals surface area (Å²) in [6.45, 7) is 36.3. The van der Waals surface area contributed by atoms with E-state index in [9.17, 15) is 0 Å². The minimum absolute atomic E-state index is 0.377. The lowest BCUT2D eigenvalue weighted by molar-refractivity contribution is 0.868. The fraction of sp³-hybridized carbons (Fsp3) is 0.300. The SMILES string of the molecule is Cc1cc(N(c2cc(C)c(C)c(C)c2)c2cc3c4ccc(C(C)C)cc4c(N(c4cc(C)c(C)c(C)c4)c4cc(C)c(C)c(C)c4)cc3c3ccc(C(C)C)cc23)cc(C)c1C. The topological polar surface area (TPSA) is 6.48 Å². The van der Waals surface area contributed by atoms with Crippen LogP contribution >= 0.6 is 0 Å². The summed E-state index contributed by atoms with van der Waals surface area (Å²) >= 11 is 0. The van der Waals surface area contributed by atoms with Gasteiger partial charge in [-0.25, -0.2) is 0 Å². The average molecular weight is 815 g/mol. The van der Waals surface area contributed by atoms with E-state index in [1.165, 1.54) is 144 Å². The molecule has 0 aliphatic carbocycles. The van der Waals surface area contributed by atoms with Crippen molar-refractivity contribution in [3.05, 3.63) is 175 Å². The summed E-state index contributed by atoms with van der Waals surface area (Å²) < 4.78 is 0. The predicted molar refractivity (Wildman–Crippen MR) is 273 cm³/mol. The van der Waals surface area contributed by atoms with Crippen LogP contribution in [0.2, 0.25) is 0 Å². The highest BCUT2D eigenvalue weighted by Crippen LogP contribution is 2.50. The smallest absolute Gasteiger partial charge is 0.0546 e. The van der Waals surface area contributed by atoms with Gasteiger partial charge in [0.25, 0.3) is 0 Å². The lowest BCUT2D eigenvalue weighted by atomic mass is 9.89. The van der Waals surface area contributed by atoms with Crippen molar-refractivity contribution in [3.63, 3.8) is 0 Å². The van der Waals surface area contributed by atoms with Gasteiger partial charge in [-0.1, -0.05) is 52.0 Å². The molecular weight excluding hydrogens is 749 g/mol. The number of rotatable bonds is 8. The average Bonchev–Trinajstić information content (AvgIpc) is 3.22. The van der Waals surface area contributed by atoms with Gasteiger partial charge < -0.3 is 9.80 Å². The van der Waals surface area contributed by atoms with Gasteiger partial charge >= 0.3 is 0 Å². The molecule has 316 valence electrons. The van der Waals surface area contributed by atoms with E-state index < -0.39 is 0 Å². The molecule has 0 heterocycles. The highest BCUT2D eigenvalue weighted by Gasteiger charge is 2.25. The van der Waals surface area contributed by atoms with Gasteiger partial charge in [0.05, 0.1) is 11.4 Å². The van der Waals surface area contributed by atoms with Crippen LogP contribution in [-0.4, -0.2) is 0 Å². The quantitative estimate of drug-likeness (QED) is 0.141. The zero-order valence-corrected chi connectivity index (χ0v) is 40.3. The lowest BCUT2D eigenvalue weighted by Crippen LogP contribution is -2.14. The van der Waals surface area contributed by atoms with Crippen LogP contribution in [0.1, 0.15) is 117 Å². The number of nitrogens with zero attached hydrogens (tertiary/aromatic N) is 2. The van der Waals surface area contributed by atoms with Gasteiger partial charge in [-0.3, -0.25) is 0 Å². The molecular formula is C60H66N2. The summed E-state index contributed by atoms with van der Waals surface area (Å²) in [7, 11) is 0. The summed E-state index contributed by atoms with van der Waals surface area (Å²) in [5.74, 6) is 0.754. The van der Waals surface area contributed by atoms with Crippen molar-refractivity contribution in [1.29, 1.82) is 0 Å². The monoisotopic (exact) mass is 815 g/mol. The molecule has 62 heavy (non-hydrogen) atoms. The second-order valence-corrected chi connectivity index (χ2v) is 19.3. The van der Waals surface area contributed by atoms with Gasteiger partial charge in [0.15, 0.2) is 0 Å². The van der Waals surface area contributed by atoms with Crippen molar-refractivity contribution >= 4 is 66.4 Å². The maximum Gasteiger partial charge on any atom is 0.0546 e. The fourth-order valence-electron chi connectivity index (χ4n) is 9.56. The molecule has 0 radical (unpaired) electrons. The standard InChI is InChI=1S/C60H66N2/c1-33(2)47-17-19-53-55-32-60(62(51-25-39(9)45(15)40(10)26-51)52-27-41(11)46(16)42(12)28-52)58-30-48(34(3)4)18-20-54(58)56(55)31-59(57(53)29-47)61(49-21-35(5)43(13)36(6)22-49)50-23-37(7)44(14)38(8)24-50/h17-34H,1-16H3. The molecule has 2 heteroatoms. The summed E-state index contributed by atoms with van der Waals surface area (Å²) in [5.41, 5.74) is 25.6. The van der Waals surface area contributed by atoms with Crippen LogP contribution in [0.15, 0.2) is 97.1 Å². The molecule has 0 atom stereocenters. The number of hydrogen-bond acceptors (Lipinski definition) is 2. The van der Waals surface area contributed by atoms with Gasteiger partial charge in [-0.2, -0.15) is 0 Å². The van der Waals surface area contributed by atoms with Crippen molar-refractivity contribution in [2.75, 3.05) is 9.80 Å². The van der Waals surface area contributed by atoms with E-state index in [1.807, 2.05) is 0 Å². The molecule has 0 bridgehead atoms. The Hall–Kier alpha value is -5.86. The van der Waals surface area contributed by atoms with E-state index in [0.29, 0.717) is 11.8 Å². The molecule has 0 saturated heterocycles. The molecule has 0 amide bonds. The largest absolute Gasteiger partial charge is 0.310 e. The van der Waals surface area contributed by atoms with Crippen molar-refractivity contribution in [3.8, 4) is 0 Å². The Morgan fingerprint density at radius 3 is 0.742 bits per heavy atom. The molecule has 0 aromatic heterocycles. The van der Waals surface area contributed by atoms with Crippen molar-refractivity contribution in [2.24, 2.45) is 0 Å². The summed E-state index contributed by atoms with van der Waals surface area (Å²) in [6, 6.07) is 38.7. The van der Waals surface area contributed by atoms with Crippen LogP contribution in [0.3, 0.4) is 0 Å². The Kier molecular flexibility index (Phi) is 11.1. The van der Waals surface area contributed by atoms with Crippen LogP contribution in [0.5, 0.6) is 0 Å². The highest BCUT2D eigenvalue weighted by molar-refractivity contribution is 6.25. The highest BCUT2D eigenvalue weighted by atomic mass is 15.2. The number of hydrogen-bond donors (Lipinski definition) is 0. The summed E-state index contributed by atoms with van der Waals surface area (Å²) in [4.78, 5) is 5.10. The molecule has 0 saturated carbocycles. The zero-order chi connectivity index (χ0) is 44.6. The van der Waals surface area contributed by atoms with Crippen molar-refractivity contribution in [2.45, 2.75) is 123 Å². The Balaban J connectivity index is 1.57. The fourth-order valence-corrected chi connectivity index (χ4v) is 9.56. The molecule has 0 aliphatic rings. The van der Waals surface area contributed by atoms with Gasteiger partial charge in [0.2, 0.25) is 0 Å². The molecule has 8 aromatic carbocycles. The maximum atomic E-state index is 2.55. The lowest BCUT2D eigenvalue weighted by Gasteiger charge is -2.32. The normalized spacial score (nSPS) is 11.8. The van der Waals surface area contributed by atoms with Gasteiger partial charge in [0.1, 0.15) is 0 Å².